The highest BCUT2D eigenvalue weighted by Crippen LogP contribution is 2.34. The summed E-state index contributed by atoms with van der Waals surface area (Å²) in [6, 6.07) is 7.63. The van der Waals surface area contributed by atoms with Crippen LogP contribution >= 0.6 is 0 Å². The summed E-state index contributed by atoms with van der Waals surface area (Å²) in [6.45, 7) is 6.62. The summed E-state index contributed by atoms with van der Waals surface area (Å²) in [6.07, 6.45) is 4.95. The van der Waals surface area contributed by atoms with Crippen molar-refractivity contribution in [3.05, 3.63) is 48.4 Å². The lowest BCUT2D eigenvalue weighted by molar-refractivity contribution is 0.362. The van der Waals surface area contributed by atoms with Crippen molar-refractivity contribution < 1.29 is 0 Å². The van der Waals surface area contributed by atoms with Gasteiger partial charge in [0.15, 0.2) is 0 Å². The molecule has 25 heavy (non-hydrogen) atoms. The largest absolute Gasteiger partial charge is 0.399 e. The van der Waals surface area contributed by atoms with Crippen LogP contribution in [0.1, 0.15) is 26.3 Å². The Morgan fingerprint density at radius 3 is 2.40 bits per heavy atom. The Balaban J connectivity index is 2.16. The van der Waals surface area contributed by atoms with Gasteiger partial charge < -0.3 is 16.8 Å². The van der Waals surface area contributed by atoms with E-state index in [4.69, 9.17) is 16.6 Å². The Labute approximate surface area is 147 Å². The molecule has 0 aliphatic heterocycles. The number of nitrogens with zero attached hydrogens (tertiary/aromatic N) is 4. The first-order valence-corrected chi connectivity index (χ1v) is 8.11. The summed E-state index contributed by atoms with van der Waals surface area (Å²) < 4.78 is 1.94. The van der Waals surface area contributed by atoms with E-state index in [0.29, 0.717) is 18.1 Å². The van der Waals surface area contributed by atoms with Gasteiger partial charge in [-0.3, -0.25) is 4.98 Å². The SMILES string of the molecule is CC(C)(C)n1nc(-c2ccc(N)cc2)c(CN)c1Nc1cnccn1. The van der Waals surface area contributed by atoms with Crippen LogP contribution in [0.5, 0.6) is 0 Å². The lowest BCUT2D eigenvalue weighted by Crippen LogP contribution is -2.25. The molecule has 7 heteroatoms. The van der Waals surface area contributed by atoms with Gasteiger partial charge in [-0.1, -0.05) is 12.1 Å². The van der Waals surface area contributed by atoms with E-state index in [9.17, 15) is 0 Å². The molecule has 0 amide bonds. The minimum atomic E-state index is -0.236. The number of nitrogens with one attached hydrogen (secondary N) is 1. The average molecular weight is 337 g/mol. The molecular weight excluding hydrogens is 314 g/mol. The highest BCUT2D eigenvalue weighted by atomic mass is 15.4. The van der Waals surface area contributed by atoms with E-state index in [1.54, 1.807) is 18.6 Å². The maximum atomic E-state index is 6.07. The van der Waals surface area contributed by atoms with Crippen molar-refractivity contribution in [2.75, 3.05) is 11.1 Å². The van der Waals surface area contributed by atoms with Crippen LogP contribution in [0.25, 0.3) is 11.3 Å². The molecule has 0 fully saturated rings. The molecule has 0 atom stereocenters. The quantitative estimate of drug-likeness (QED) is 0.632. The number of anilines is 3. The van der Waals surface area contributed by atoms with Crippen LogP contribution in [0.2, 0.25) is 0 Å². The standard InChI is InChI=1S/C18H23N7/c1-18(2,3)25-17(23-15-11-21-8-9-22-15)14(10-19)16(24-25)12-4-6-13(20)7-5-12/h4-9,11H,10,19-20H2,1-3H3,(H,22,23). The molecule has 1 aromatic carbocycles. The molecule has 0 bridgehead atoms. The van der Waals surface area contributed by atoms with Crippen molar-refractivity contribution in [3.8, 4) is 11.3 Å². The van der Waals surface area contributed by atoms with Crippen LogP contribution < -0.4 is 16.8 Å². The van der Waals surface area contributed by atoms with Gasteiger partial charge in [-0.15, -0.1) is 0 Å². The fraction of sp³-hybridized carbons (Fsp3) is 0.278. The first kappa shape index (κ1) is 16.9. The molecule has 0 saturated carbocycles. The predicted octanol–water partition coefficient (Wildman–Crippen LogP) is 2.88. The van der Waals surface area contributed by atoms with Gasteiger partial charge >= 0.3 is 0 Å². The van der Waals surface area contributed by atoms with Gasteiger partial charge in [-0.2, -0.15) is 5.10 Å². The van der Waals surface area contributed by atoms with Crippen LogP contribution in [0.3, 0.4) is 0 Å². The second kappa shape index (κ2) is 6.52. The van der Waals surface area contributed by atoms with Gasteiger partial charge in [0.05, 0.1) is 17.4 Å². The van der Waals surface area contributed by atoms with Crippen LogP contribution in [0, 0.1) is 0 Å². The summed E-state index contributed by atoms with van der Waals surface area (Å²) in [5, 5.41) is 8.16. The van der Waals surface area contributed by atoms with Gasteiger partial charge in [0.1, 0.15) is 11.6 Å². The molecule has 3 rings (SSSR count). The number of rotatable bonds is 4. The minimum absolute atomic E-state index is 0.236. The van der Waals surface area contributed by atoms with Crippen molar-refractivity contribution >= 4 is 17.3 Å². The summed E-state index contributed by atoms with van der Waals surface area (Å²) in [4.78, 5) is 8.40. The van der Waals surface area contributed by atoms with Gasteiger partial charge in [0.25, 0.3) is 0 Å². The molecule has 7 nitrogen and oxygen atoms in total. The van der Waals surface area contributed by atoms with Crippen LogP contribution in [0.4, 0.5) is 17.3 Å². The second-order valence-electron chi connectivity index (χ2n) is 6.80. The maximum Gasteiger partial charge on any atom is 0.150 e. The minimum Gasteiger partial charge on any atom is -0.399 e. The molecule has 0 aliphatic carbocycles. The molecule has 0 aliphatic rings. The number of nitrogen functional groups attached to an aromatic ring is 1. The smallest absolute Gasteiger partial charge is 0.150 e. The fourth-order valence-corrected chi connectivity index (χ4v) is 2.62. The lowest BCUT2D eigenvalue weighted by Gasteiger charge is -2.23. The van der Waals surface area contributed by atoms with Crippen LogP contribution in [-0.2, 0) is 12.1 Å². The highest BCUT2D eigenvalue weighted by Gasteiger charge is 2.25. The summed E-state index contributed by atoms with van der Waals surface area (Å²) in [7, 11) is 0. The van der Waals surface area contributed by atoms with Crippen LogP contribution in [-0.4, -0.2) is 19.7 Å². The number of aromatic nitrogens is 4. The first-order valence-electron chi connectivity index (χ1n) is 8.11. The zero-order valence-electron chi connectivity index (χ0n) is 14.7. The zero-order chi connectivity index (χ0) is 18.0. The van der Waals surface area contributed by atoms with Crippen molar-refractivity contribution in [2.45, 2.75) is 32.9 Å². The third kappa shape index (κ3) is 3.46. The van der Waals surface area contributed by atoms with E-state index in [1.807, 2.05) is 28.9 Å². The Kier molecular flexibility index (Phi) is 4.41. The molecule has 0 unspecified atom stereocenters. The molecule has 5 N–H and O–H groups in total. The molecule has 3 aromatic rings. The Bertz CT molecular complexity index is 846. The molecule has 2 aromatic heterocycles. The molecule has 0 radical (unpaired) electrons. The first-order chi connectivity index (χ1) is 11.9. The topological polar surface area (TPSA) is 108 Å². The third-order valence-corrected chi connectivity index (χ3v) is 3.82. The third-order valence-electron chi connectivity index (χ3n) is 3.82. The summed E-state index contributed by atoms with van der Waals surface area (Å²) in [5.41, 5.74) is 15.1. The lowest BCUT2D eigenvalue weighted by atomic mass is 10.1. The number of benzene rings is 1. The second-order valence-corrected chi connectivity index (χ2v) is 6.80. The van der Waals surface area contributed by atoms with Gasteiger partial charge in [0, 0.05) is 35.8 Å². The Hall–Kier alpha value is -2.93. The maximum absolute atomic E-state index is 6.07. The van der Waals surface area contributed by atoms with Crippen molar-refractivity contribution in [1.29, 1.82) is 0 Å². The van der Waals surface area contributed by atoms with E-state index in [0.717, 1.165) is 22.6 Å². The molecular formula is C18H23N7. The zero-order valence-corrected chi connectivity index (χ0v) is 14.7. The summed E-state index contributed by atoms with van der Waals surface area (Å²) >= 11 is 0. The Morgan fingerprint density at radius 2 is 1.84 bits per heavy atom. The monoisotopic (exact) mass is 337 g/mol. The van der Waals surface area contributed by atoms with Crippen molar-refractivity contribution in [1.82, 2.24) is 19.7 Å². The van der Waals surface area contributed by atoms with E-state index in [2.05, 4.69) is 36.1 Å². The number of hydrogen-bond acceptors (Lipinski definition) is 6. The molecule has 130 valence electrons. The van der Waals surface area contributed by atoms with Gasteiger partial charge in [-0.25, -0.2) is 9.67 Å². The van der Waals surface area contributed by atoms with Crippen molar-refractivity contribution in [2.24, 2.45) is 5.73 Å². The van der Waals surface area contributed by atoms with E-state index in [1.165, 1.54) is 0 Å². The fourth-order valence-electron chi connectivity index (χ4n) is 2.62. The molecule has 0 spiro atoms. The van der Waals surface area contributed by atoms with Crippen molar-refractivity contribution in [3.63, 3.8) is 0 Å². The predicted molar refractivity (Wildman–Crippen MR) is 100 cm³/mol. The average Bonchev–Trinajstić information content (AvgIpc) is 2.95. The van der Waals surface area contributed by atoms with Crippen LogP contribution in [0.15, 0.2) is 42.9 Å². The summed E-state index contributed by atoms with van der Waals surface area (Å²) in [5.74, 6) is 1.47. The van der Waals surface area contributed by atoms with E-state index >= 15 is 0 Å². The number of nitrogens with two attached hydrogens (primary N) is 2. The van der Waals surface area contributed by atoms with Gasteiger partial charge in [-0.05, 0) is 32.9 Å². The van der Waals surface area contributed by atoms with Gasteiger partial charge in [0.2, 0.25) is 0 Å². The highest BCUT2D eigenvalue weighted by molar-refractivity contribution is 5.72. The molecule has 0 saturated heterocycles. The molecule has 2 heterocycles. The van der Waals surface area contributed by atoms with E-state index in [-0.39, 0.29) is 5.54 Å². The Morgan fingerprint density at radius 1 is 1.12 bits per heavy atom. The normalized spacial score (nSPS) is 11.5. The van der Waals surface area contributed by atoms with E-state index < -0.39 is 0 Å². The number of hydrogen-bond donors (Lipinski definition) is 3.